The largest absolute Gasteiger partial charge is 0.374 e. The highest BCUT2D eigenvalue weighted by Gasteiger charge is 2.22. The van der Waals surface area contributed by atoms with Crippen molar-refractivity contribution in [1.82, 2.24) is 29.2 Å². The molecule has 0 spiro atoms. The van der Waals surface area contributed by atoms with Crippen molar-refractivity contribution in [3.8, 4) is 0 Å². The van der Waals surface area contributed by atoms with Crippen molar-refractivity contribution in [2.75, 3.05) is 19.7 Å². The van der Waals surface area contributed by atoms with Crippen molar-refractivity contribution in [1.29, 1.82) is 0 Å². The zero-order valence-electron chi connectivity index (χ0n) is 11.0. The van der Waals surface area contributed by atoms with Gasteiger partial charge in [-0.25, -0.2) is 9.97 Å². The average molecular weight is 262 g/mol. The van der Waals surface area contributed by atoms with Crippen LogP contribution in [-0.2, 0) is 24.9 Å². The second-order valence-corrected chi connectivity index (χ2v) is 4.80. The van der Waals surface area contributed by atoms with Gasteiger partial charge in [0, 0.05) is 32.5 Å². The SMILES string of the molecule is Cn1ccnc1CN1CCOC(Cn2cncn2)C1. The Balaban J connectivity index is 1.57. The Morgan fingerprint density at radius 2 is 2.42 bits per heavy atom. The van der Waals surface area contributed by atoms with Gasteiger partial charge in [-0.1, -0.05) is 0 Å². The molecule has 0 saturated carbocycles. The van der Waals surface area contributed by atoms with Crippen molar-refractivity contribution in [3.05, 3.63) is 30.9 Å². The van der Waals surface area contributed by atoms with Crippen LogP contribution in [0.4, 0.5) is 0 Å². The van der Waals surface area contributed by atoms with E-state index in [1.807, 2.05) is 24.1 Å². The smallest absolute Gasteiger partial charge is 0.137 e. The predicted octanol–water partition coefficient (Wildman–Crippen LogP) is -0.0874. The van der Waals surface area contributed by atoms with Gasteiger partial charge >= 0.3 is 0 Å². The Bertz CT molecular complexity index is 508. The molecule has 0 N–H and O–H groups in total. The first-order chi connectivity index (χ1) is 9.31. The van der Waals surface area contributed by atoms with E-state index in [0.29, 0.717) is 0 Å². The third-order valence-electron chi connectivity index (χ3n) is 3.37. The molecule has 1 saturated heterocycles. The van der Waals surface area contributed by atoms with Crippen LogP contribution < -0.4 is 0 Å². The quantitative estimate of drug-likeness (QED) is 0.771. The monoisotopic (exact) mass is 262 g/mol. The second-order valence-electron chi connectivity index (χ2n) is 4.80. The Hall–Kier alpha value is -1.73. The van der Waals surface area contributed by atoms with Gasteiger partial charge in [-0.15, -0.1) is 0 Å². The highest BCUT2D eigenvalue weighted by Crippen LogP contribution is 2.10. The number of imidazole rings is 1. The molecular formula is C12H18N6O. The number of rotatable bonds is 4. The second kappa shape index (κ2) is 5.50. The Morgan fingerprint density at radius 1 is 1.47 bits per heavy atom. The van der Waals surface area contributed by atoms with Crippen LogP contribution in [0.1, 0.15) is 5.82 Å². The lowest BCUT2D eigenvalue weighted by Crippen LogP contribution is -2.44. The first-order valence-corrected chi connectivity index (χ1v) is 6.44. The highest BCUT2D eigenvalue weighted by atomic mass is 16.5. The van der Waals surface area contributed by atoms with Crippen LogP contribution in [0.2, 0.25) is 0 Å². The molecule has 0 bridgehead atoms. The number of nitrogens with zero attached hydrogens (tertiary/aromatic N) is 6. The maximum absolute atomic E-state index is 5.77. The number of aromatic nitrogens is 5. The van der Waals surface area contributed by atoms with Gasteiger partial charge < -0.3 is 9.30 Å². The van der Waals surface area contributed by atoms with E-state index in [2.05, 4.69) is 24.5 Å². The van der Waals surface area contributed by atoms with E-state index in [1.165, 1.54) is 0 Å². The van der Waals surface area contributed by atoms with E-state index >= 15 is 0 Å². The molecule has 0 aliphatic carbocycles. The molecule has 1 atom stereocenters. The summed E-state index contributed by atoms with van der Waals surface area (Å²) in [6, 6.07) is 0. The van der Waals surface area contributed by atoms with Gasteiger partial charge in [0.05, 0.1) is 25.8 Å². The number of hydrogen-bond donors (Lipinski definition) is 0. The van der Waals surface area contributed by atoms with E-state index < -0.39 is 0 Å². The lowest BCUT2D eigenvalue weighted by Gasteiger charge is -2.32. The fourth-order valence-corrected chi connectivity index (χ4v) is 2.32. The van der Waals surface area contributed by atoms with Crippen molar-refractivity contribution < 1.29 is 4.74 Å². The van der Waals surface area contributed by atoms with Crippen molar-refractivity contribution >= 4 is 0 Å². The van der Waals surface area contributed by atoms with E-state index in [0.717, 1.165) is 38.6 Å². The molecule has 7 nitrogen and oxygen atoms in total. The van der Waals surface area contributed by atoms with Gasteiger partial charge in [-0.3, -0.25) is 9.58 Å². The molecule has 1 fully saturated rings. The molecule has 2 aromatic rings. The molecule has 3 rings (SSSR count). The van der Waals surface area contributed by atoms with Gasteiger partial charge in [0.2, 0.25) is 0 Å². The minimum atomic E-state index is 0.163. The Labute approximate surface area is 111 Å². The topological polar surface area (TPSA) is 61.0 Å². The van der Waals surface area contributed by atoms with Crippen LogP contribution in [0, 0.1) is 0 Å². The fraction of sp³-hybridized carbons (Fsp3) is 0.583. The lowest BCUT2D eigenvalue weighted by atomic mass is 10.2. The summed E-state index contributed by atoms with van der Waals surface area (Å²) >= 11 is 0. The van der Waals surface area contributed by atoms with E-state index in [1.54, 1.807) is 12.7 Å². The number of morpholine rings is 1. The van der Waals surface area contributed by atoms with Gasteiger partial charge in [-0.2, -0.15) is 5.10 Å². The molecule has 7 heteroatoms. The van der Waals surface area contributed by atoms with E-state index in [9.17, 15) is 0 Å². The average Bonchev–Trinajstić information content (AvgIpc) is 3.03. The summed E-state index contributed by atoms with van der Waals surface area (Å²) in [5.74, 6) is 1.08. The minimum absolute atomic E-state index is 0.163. The number of ether oxygens (including phenoxy) is 1. The Kier molecular flexibility index (Phi) is 3.56. The normalized spacial score (nSPS) is 20.8. The molecule has 2 aromatic heterocycles. The number of hydrogen-bond acceptors (Lipinski definition) is 5. The first kappa shape index (κ1) is 12.3. The van der Waals surface area contributed by atoms with Crippen molar-refractivity contribution in [2.24, 2.45) is 7.05 Å². The van der Waals surface area contributed by atoms with Crippen molar-refractivity contribution in [2.45, 2.75) is 19.2 Å². The lowest BCUT2D eigenvalue weighted by molar-refractivity contribution is -0.0411. The molecule has 1 aliphatic rings. The van der Waals surface area contributed by atoms with E-state index in [-0.39, 0.29) is 6.10 Å². The Morgan fingerprint density at radius 3 is 3.16 bits per heavy atom. The van der Waals surface area contributed by atoms with Crippen LogP contribution >= 0.6 is 0 Å². The van der Waals surface area contributed by atoms with Crippen molar-refractivity contribution in [3.63, 3.8) is 0 Å². The summed E-state index contributed by atoms with van der Waals surface area (Å²) < 4.78 is 9.65. The summed E-state index contributed by atoms with van der Waals surface area (Å²) in [6.45, 7) is 4.20. The molecular weight excluding hydrogens is 244 g/mol. The third-order valence-corrected chi connectivity index (χ3v) is 3.37. The molecule has 1 aliphatic heterocycles. The van der Waals surface area contributed by atoms with E-state index in [4.69, 9.17) is 4.74 Å². The zero-order valence-corrected chi connectivity index (χ0v) is 11.0. The maximum atomic E-state index is 5.77. The van der Waals surface area contributed by atoms with Crippen LogP contribution in [0.5, 0.6) is 0 Å². The molecule has 19 heavy (non-hydrogen) atoms. The third kappa shape index (κ3) is 2.99. The van der Waals surface area contributed by atoms with Crippen LogP contribution in [0.25, 0.3) is 0 Å². The zero-order chi connectivity index (χ0) is 13.1. The maximum Gasteiger partial charge on any atom is 0.137 e. The fourth-order valence-electron chi connectivity index (χ4n) is 2.32. The van der Waals surface area contributed by atoms with Gasteiger partial charge in [0.1, 0.15) is 18.5 Å². The van der Waals surface area contributed by atoms with Gasteiger partial charge in [0.15, 0.2) is 0 Å². The first-order valence-electron chi connectivity index (χ1n) is 6.44. The van der Waals surface area contributed by atoms with Crippen LogP contribution in [0.3, 0.4) is 0 Å². The summed E-state index contributed by atoms with van der Waals surface area (Å²) in [5, 5.41) is 4.12. The molecule has 1 unspecified atom stereocenters. The molecule has 102 valence electrons. The van der Waals surface area contributed by atoms with Gasteiger partial charge in [0.25, 0.3) is 0 Å². The number of aryl methyl sites for hydroxylation is 1. The predicted molar refractivity (Wildman–Crippen MR) is 68.2 cm³/mol. The standard InChI is InChI=1S/C12H18N6O/c1-16-3-2-14-12(16)8-17-4-5-19-11(6-17)7-18-10-13-9-15-18/h2-3,9-11H,4-8H2,1H3. The molecule has 0 amide bonds. The molecule has 0 radical (unpaired) electrons. The van der Waals surface area contributed by atoms with Crippen LogP contribution in [-0.4, -0.2) is 55.0 Å². The summed E-state index contributed by atoms with van der Waals surface area (Å²) in [7, 11) is 2.02. The van der Waals surface area contributed by atoms with Gasteiger partial charge in [-0.05, 0) is 0 Å². The summed E-state index contributed by atoms with van der Waals surface area (Å²) in [6.07, 6.45) is 7.25. The minimum Gasteiger partial charge on any atom is -0.374 e. The van der Waals surface area contributed by atoms with Crippen LogP contribution in [0.15, 0.2) is 25.0 Å². The summed E-state index contributed by atoms with van der Waals surface area (Å²) in [4.78, 5) is 10.7. The highest BCUT2D eigenvalue weighted by molar-refractivity contribution is 4.91. The molecule has 0 aromatic carbocycles. The summed E-state index contributed by atoms with van der Waals surface area (Å²) in [5.41, 5.74) is 0. The molecule has 3 heterocycles.